The number of carbonyl (C=O) groups excluding carboxylic acids is 1. The molecule has 0 aliphatic carbocycles. The summed E-state index contributed by atoms with van der Waals surface area (Å²) in [6.45, 7) is 5.75. The number of benzene rings is 1. The lowest BCUT2D eigenvalue weighted by molar-refractivity contribution is -0.133. The van der Waals surface area contributed by atoms with Gasteiger partial charge in [0.25, 0.3) is 0 Å². The summed E-state index contributed by atoms with van der Waals surface area (Å²) in [4.78, 5) is 21.4. The van der Waals surface area contributed by atoms with Crippen molar-refractivity contribution < 1.29 is 9.32 Å². The van der Waals surface area contributed by atoms with E-state index < -0.39 is 0 Å². The lowest BCUT2D eigenvalue weighted by Gasteiger charge is -2.37. The van der Waals surface area contributed by atoms with Crippen molar-refractivity contribution in [3.63, 3.8) is 0 Å². The summed E-state index contributed by atoms with van der Waals surface area (Å²) >= 11 is 0. The van der Waals surface area contributed by atoms with E-state index in [1.54, 1.807) is 0 Å². The highest BCUT2D eigenvalue weighted by Gasteiger charge is 2.27. The Labute approximate surface area is 153 Å². The van der Waals surface area contributed by atoms with Crippen LogP contribution in [0.2, 0.25) is 0 Å². The van der Waals surface area contributed by atoms with Gasteiger partial charge in [-0.3, -0.25) is 9.69 Å². The largest absolute Gasteiger partial charge is 0.340 e. The molecular weight excluding hydrogens is 330 g/mol. The van der Waals surface area contributed by atoms with Crippen LogP contribution in [-0.2, 0) is 11.2 Å². The lowest BCUT2D eigenvalue weighted by Crippen LogP contribution is -2.52. The summed E-state index contributed by atoms with van der Waals surface area (Å²) in [6, 6.07) is 10.4. The average Bonchev–Trinajstić information content (AvgIpc) is 3.39. The Morgan fingerprint density at radius 2 is 2.00 bits per heavy atom. The van der Waals surface area contributed by atoms with Crippen LogP contribution in [0.4, 0.5) is 0 Å². The Kier molecular flexibility index (Phi) is 5.26. The molecule has 7 heteroatoms. The topological polar surface area (TPSA) is 74.5 Å². The molecule has 1 unspecified atom stereocenters. The molecule has 1 aromatic heterocycles. The van der Waals surface area contributed by atoms with E-state index in [2.05, 4.69) is 20.4 Å². The van der Waals surface area contributed by atoms with Crippen LogP contribution >= 0.6 is 0 Å². The van der Waals surface area contributed by atoms with E-state index in [-0.39, 0.29) is 5.91 Å². The number of nitrogens with one attached hydrogen (secondary N) is 1. The predicted octanol–water partition coefficient (Wildman–Crippen LogP) is 1.18. The third-order valence-corrected chi connectivity index (χ3v) is 5.27. The molecule has 0 radical (unpaired) electrons. The first-order valence-electron chi connectivity index (χ1n) is 9.40. The van der Waals surface area contributed by atoms with Crippen LogP contribution in [0.3, 0.4) is 0 Å². The summed E-state index contributed by atoms with van der Waals surface area (Å²) in [5.41, 5.74) is 0.923. The first-order valence-corrected chi connectivity index (χ1v) is 9.40. The summed E-state index contributed by atoms with van der Waals surface area (Å²) in [5.74, 6) is 1.27. The third kappa shape index (κ3) is 3.94. The third-order valence-electron chi connectivity index (χ3n) is 5.27. The van der Waals surface area contributed by atoms with E-state index in [9.17, 15) is 4.79 Å². The number of rotatable bonds is 5. The van der Waals surface area contributed by atoms with Crippen molar-refractivity contribution in [3.8, 4) is 11.4 Å². The van der Waals surface area contributed by atoms with Crippen LogP contribution < -0.4 is 5.32 Å². The molecule has 3 heterocycles. The molecule has 2 fully saturated rings. The Morgan fingerprint density at radius 3 is 2.73 bits per heavy atom. The lowest BCUT2D eigenvalue weighted by atomic mass is 10.1. The minimum atomic E-state index is 0.175. The van der Waals surface area contributed by atoms with Gasteiger partial charge in [-0.2, -0.15) is 4.98 Å². The van der Waals surface area contributed by atoms with E-state index in [1.807, 2.05) is 35.2 Å². The van der Waals surface area contributed by atoms with E-state index in [1.165, 1.54) is 6.42 Å². The van der Waals surface area contributed by atoms with Crippen molar-refractivity contribution in [2.45, 2.75) is 25.3 Å². The van der Waals surface area contributed by atoms with Gasteiger partial charge in [0.2, 0.25) is 17.6 Å². The Morgan fingerprint density at radius 1 is 1.19 bits per heavy atom. The minimum absolute atomic E-state index is 0.175. The van der Waals surface area contributed by atoms with Gasteiger partial charge in [-0.05, 0) is 13.0 Å². The second kappa shape index (κ2) is 7.97. The summed E-state index contributed by atoms with van der Waals surface area (Å²) < 4.78 is 5.29. The van der Waals surface area contributed by atoms with E-state index in [4.69, 9.17) is 4.52 Å². The fourth-order valence-electron chi connectivity index (χ4n) is 3.72. The molecule has 1 amide bonds. The second-order valence-electron chi connectivity index (χ2n) is 6.94. The normalized spacial score (nSPS) is 21.2. The van der Waals surface area contributed by atoms with Crippen molar-refractivity contribution in [1.82, 2.24) is 25.3 Å². The van der Waals surface area contributed by atoms with E-state index >= 15 is 0 Å². The van der Waals surface area contributed by atoms with Crippen LogP contribution in [0, 0.1) is 0 Å². The molecule has 26 heavy (non-hydrogen) atoms. The average molecular weight is 355 g/mol. The van der Waals surface area contributed by atoms with Gasteiger partial charge >= 0.3 is 0 Å². The van der Waals surface area contributed by atoms with E-state index in [0.29, 0.717) is 30.6 Å². The number of aromatic nitrogens is 2. The summed E-state index contributed by atoms with van der Waals surface area (Å²) in [6.07, 6.45) is 2.13. The fourth-order valence-corrected chi connectivity index (χ4v) is 3.72. The molecule has 7 nitrogen and oxygen atoms in total. The van der Waals surface area contributed by atoms with Gasteiger partial charge in [0.15, 0.2) is 0 Å². The minimum Gasteiger partial charge on any atom is -0.340 e. The molecule has 138 valence electrons. The highest BCUT2D eigenvalue weighted by atomic mass is 16.5. The van der Waals surface area contributed by atoms with Crippen molar-refractivity contribution in [2.24, 2.45) is 0 Å². The van der Waals surface area contributed by atoms with Gasteiger partial charge in [-0.15, -0.1) is 0 Å². The smallest absolute Gasteiger partial charge is 0.227 e. The number of hydrogen-bond acceptors (Lipinski definition) is 6. The van der Waals surface area contributed by atoms with Gasteiger partial charge in [-0.1, -0.05) is 35.5 Å². The first kappa shape index (κ1) is 17.2. The van der Waals surface area contributed by atoms with Gasteiger partial charge in [0.1, 0.15) is 0 Å². The molecule has 0 spiro atoms. The SMILES string of the molecule is O=C(CCc1nc(-c2ccccc2)no1)N1CCN(C2CCNC2)CC1. The second-order valence-corrected chi connectivity index (χ2v) is 6.94. The van der Waals surface area contributed by atoms with Gasteiger partial charge in [0.05, 0.1) is 0 Å². The predicted molar refractivity (Wildman–Crippen MR) is 97.5 cm³/mol. The summed E-state index contributed by atoms with van der Waals surface area (Å²) in [5, 5.41) is 7.42. The standard InChI is InChI=1S/C19H25N5O2/c25-18(24-12-10-23(11-13-24)16-8-9-20-14-16)7-6-17-21-19(22-26-17)15-4-2-1-3-5-15/h1-5,16,20H,6-14H2. The molecule has 2 aliphatic rings. The van der Waals surface area contributed by atoms with Gasteiger partial charge < -0.3 is 14.7 Å². The Bertz CT molecular complexity index is 719. The molecule has 1 N–H and O–H groups in total. The fraction of sp³-hybridized carbons (Fsp3) is 0.526. The van der Waals surface area contributed by atoms with Crippen LogP contribution in [-0.4, -0.2) is 71.2 Å². The van der Waals surface area contributed by atoms with Crippen LogP contribution in [0.25, 0.3) is 11.4 Å². The molecule has 1 aromatic carbocycles. The maximum absolute atomic E-state index is 12.5. The first-order chi connectivity index (χ1) is 12.8. The molecule has 4 rings (SSSR count). The quantitative estimate of drug-likeness (QED) is 0.868. The molecule has 0 saturated carbocycles. The van der Waals surface area contributed by atoms with Crippen molar-refractivity contribution >= 4 is 5.91 Å². The molecule has 2 saturated heterocycles. The van der Waals surface area contributed by atoms with Gasteiger partial charge in [0, 0.05) is 57.2 Å². The molecule has 2 aromatic rings. The van der Waals surface area contributed by atoms with Crippen LogP contribution in [0.5, 0.6) is 0 Å². The molecule has 2 aliphatic heterocycles. The molecule has 1 atom stereocenters. The maximum atomic E-state index is 12.5. The van der Waals surface area contributed by atoms with Crippen molar-refractivity contribution in [3.05, 3.63) is 36.2 Å². The number of piperazine rings is 1. The van der Waals surface area contributed by atoms with Crippen molar-refractivity contribution in [1.29, 1.82) is 0 Å². The number of nitrogens with zero attached hydrogens (tertiary/aromatic N) is 4. The monoisotopic (exact) mass is 355 g/mol. The highest BCUT2D eigenvalue weighted by molar-refractivity contribution is 5.76. The zero-order valence-corrected chi connectivity index (χ0v) is 14.9. The Hall–Kier alpha value is -2.25. The van der Waals surface area contributed by atoms with Crippen molar-refractivity contribution in [2.75, 3.05) is 39.3 Å². The van der Waals surface area contributed by atoms with Gasteiger partial charge in [-0.25, -0.2) is 0 Å². The van der Waals surface area contributed by atoms with Crippen LogP contribution in [0.1, 0.15) is 18.7 Å². The maximum Gasteiger partial charge on any atom is 0.227 e. The molecular formula is C19H25N5O2. The number of aryl methyl sites for hydroxylation is 1. The molecule has 0 bridgehead atoms. The zero-order valence-electron chi connectivity index (χ0n) is 14.9. The summed E-state index contributed by atoms with van der Waals surface area (Å²) in [7, 11) is 0. The number of hydrogen-bond donors (Lipinski definition) is 1. The number of amides is 1. The number of carbonyl (C=O) groups is 1. The van der Waals surface area contributed by atoms with Crippen LogP contribution in [0.15, 0.2) is 34.9 Å². The highest BCUT2D eigenvalue weighted by Crippen LogP contribution is 2.16. The Balaban J connectivity index is 1.25. The zero-order chi connectivity index (χ0) is 17.8. The van der Waals surface area contributed by atoms with E-state index in [0.717, 1.165) is 44.8 Å².